The number of rotatable bonds is 14. The second-order valence-corrected chi connectivity index (χ2v) is 13.6. The summed E-state index contributed by atoms with van der Waals surface area (Å²) < 4.78 is 83.9. The van der Waals surface area contributed by atoms with Crippen LogP contribution >= 0.6 is 10.9 Å². The van der Waals surface area contributed by atoms with Crippen LogP contribution in [0.5, 0.6) is 34.5 Å². The lowest BCUT2D eigenvalue weighted by Crippen LogP contribution is -2.15. The molecule has 0 spiro atoms. The first kappa shape index (κ1) is 34.4. The number of thiol groups is 1. The number of benzene rings is 3. The Hall–Kier alpha value is -4.96. The fourth-order valence-electron chi connectivity index (χ4n) is 4.84. The topological polar surface area (TPSA) is 154 Å². The SMILES string of the molecule is COc1cc(OC)c2c(=O)c(OCCCC[SH]3C=NN=C3OS(=O)(=O)c3cccc(F)c3)c(-c3cc(OC)c(OC)c(OC)c3)oc2c1. The van der Waals surface area contributed by atoms with E-state index in [1.807, 2.05) is 0 Å². The smallest absolute Gasteiger partial charge is 0.341 e. The average Bonchev–Trinajstić information content (AvgIpc) is 3.53. The molecule has 1 aromatic heterocycles. The van der Waals surface area contributed by atoms with Crippen molar-refractivity contribution in [1.82, 2.24) is 0 Å². The lowest BCUT2D eigenvalue weighted by molar-refractivity contribution is 0.301. The van der Waals surface area contributed by atoms with Gasteiger partial charge in [0.1, 0.15) is 33.2 Å². The van der Waals surface area contributed by atoms with Crippen LogP contribution in [0.2, 0.25) is 0 Å². The highest BCUT2D eigenvalue weighted by molar-refractivity contribution is 8.40. The summed E-state index contributed by atoms with van der Waals surface area (Å²) in [6, 6.07) is 10.9. The summed E-state index contributed by atoms with van der Waals surface area (Å²) in [6.45, 7) is 0.0986. The van der Waals surface area contributed by atoms with Crippen LogP contribution in [0.25, 0.3) is 22.3 Å². The lowest BCUT2D eigenvalue weighted by Gasteiger charge is -2.17. The Morgan fingerprint density at radius 1 is 0.854 bits per heavy atom. The quantitative estimate of drug-likeness (QED) is 0.100. The number of hydrogen-bond acceptors (Lipinski definition) is 13. The predicted molar refractivity (Wildman–Crippen MR) is 180 cm³/mol. The minimum atomic E-state index is -4.30. The van der Waals surface area contributed by atoms with Crippen molar-refractivity contribution in [2.75, 3.05) is 47.9 Å². The van der Waals surface area contributed by atoms with Crippen molar-refractivity contribution in [3.63, 3.8) is 0 Å². The Labute approximate surface area is 278 Å². The minimum absolute atomic E-state index is 0.0578. The fourth-order valence-corrected chi connectivity index (χ4v) is 7.66. The van der Waals surface area contributed by atoms with Gasteiger partial charge in [0.15, 0.2) is 17.3 Å². The highest BCUT2D eigenvalue weighted by atomic mass is 32.2. The van der Waals surface area contributed by atoms with Crippen LogP contribution in [0.1, 0.15) is 12.8 Å². The molecule has 256 valence electrons. The van der Waals surface area contributed by atoms with E-state index in [-0.39, 0.29) is 45.0 Å². The summed E-state index contributed by atoms with van der Waals surface area (Å²) in [5, 5.41) is 7.77. The normalized spacial score (nSPS) is 14.8. The van der Waals surface area contributed by atoms with E-state index in [1.54, 1.807) is 24.3 Å². The third-order valence-electron chi connectivity index (χ3n) is 7.16. The molecule has 3 aromatic carbocycles. The molecule has 0 N–H and O–H groups in total. The molecular weight excluding hydrogens is 671 g/mol. The maximum Gasteiger partial charge on any atom is 0.341 e. The maximum atomic E-state index is 14.0. The highest BCUT2D eigenvalue weighted by Gasteiger charge is 2.27. The number of ether oxygens (including phenoxy) is 6. The molecule has 1 aliphatic rings. The van der Waals surface area contributed by atoms with E-state index in [9.17, 15) is 17.6 Å². The van der Waals surface area contributed by atoms with Crippen molar-refractivity contribution in [2.24, 2.45) is 10.2 Å². The zero-order valence-electron chi connectivity index (χ0n) is 26.6. The first-order valence-corrected chi connectivity index (χ1v) is 17.4. The standard InChI is InChI=1S/C32H33FN2O11S2/c1-39-21-16-23(40-2)27-24(17-21)45-29(19-13-25(41-3)30(43-5)26(14-19)42-4)31(28(27)36)44-11-6-7-12-47-18-34-35-32(47)46-48(37,38)22-10-8-9-20(33)15-22/h8-10,13-18,47H,6-7,11-12H2,1-5H3. The number of unbranched alkanes of at least 4 members (excludes halogenated alkanes) is 1. The van der Waals surface area contributed by atoms with Gasteiger partial charge in [-0.05, 0) is 48.9 Å². The molecule has 0 radical (unpaired) electrons. The second kappa shape index (κ2) is 14.9. The van der Waals surface area contributed by atoms with Crippen molar-refractivity contribution in [1.29, 1.82) is 0 Å². The minimum Gasteiger partial charge on any atom is -0.496 e. The van der Waals surface area contributed by atoms with Gasteiger partial charge in [0.25, 0.3) is 5.23 Å². The van der Waals surface area contributed by atoms with E-state index in [0.717, 1.165) is 12.1 Å². The first-order valence-electron chi connectivity index (χ1n) is 14.4. The van der Waals surface area contributed by atoms with E-state index in [1.165, 1.54) is 53.2 Å². The molecule has 5 rings (SSSR count). The van der Waals surface area contributed by atoms with Crippen LogP contribution in [-0.4, -0.2) is 67.1 Å². The molecule has 0 fully saturated rings. The highest BCUT2D eigenvalue weighted by Crippen LogP contribution is 2.44. The summed E-state index contributed by atoms with van der Waals surface area (Å²) in [6.07, 6.45) is 1.00. The van der Waals surface area contributed by atoms with E-state index in [4.69, 9.17) is 37.0 Å². The molecule has 4 aromatic rings. The van der Waals surface area contributed by atoms with Gasteiger partial charge in [-0.1, -0.05) is 6.07 Å². The van der Waals surface area contributed by atoms with Crippen LogP contribution in [0.15, 0.2) is 72.8 Å². The number of hydrogen-bond donors (Lipinski definition) is 1. The summed E-state index contributed by atoms with van der Waals surface area (Å²) in [5.41, 5.74) is 1.68. The monoisotopic (exact) mass is 704 g/mol. The molecule has 0 bridgehead atoms. The van der Waals surface area contributed by atoms with Gasteiger partial charge < -0.3 is 37.0 Å². The molecule has 0 saturated carbocycles. The average molecular weight is 705 g/mol. The van der Waals surface area contributed by atoms with Gasteiger partial charge in [-0.25, -0.2) is 4.39 Å². The van der Waals surface area contributed by atoms with Crippen LogP contribution in [0.3, 0.4) is 0 Å². The Morgan fingerprint density at radius 3 is 2.23 bits per heavy atom. The molecule has 0 amide bonds. The van der Waals surface area contributed by atoms with Gasteiger partial charge >= 0.3 is 10.1 Å². The van der Waals surface area contributed by atoms with Crippen LogP contribution in [-0.2, 0) is 14.3 Å². The van der Waals surface area contributed by atoms with Crippen molar-refractivity contribution in [3.05, 3.63) is 64.6 Å². The Morgan fingerprint density at radius 2 is 1.58 bits per heavy atom. The van der Waals surface area contributed by atoms with Crippen molar-refractivity contribution >= 4 is 42.8 Å². The lowest BCUT2D eigenvalue weighted by atomic mass is 10.1. The van der Waals surface area contributed by atoms with Crippen LogP contribution in [0.4, 0.5) is 4.39 Å². The third kappa shape index (κ3) is 7.13. The third-order valence-corrected chi connectivity index (χ3v) is 10.3. The van der Waals surface area contributed by atoms with Crippen molar-refractivity contribution in [2.45, 2.75) is 17.7 Å². The fraction of sp³-hybridized carbons (Fsp3) is 0.281. The maximum absolute atomic E-state index is 14.0. The Kier molecular flexibility index (Phi) is 10.6. The van der Waals surface area contributed by atoms with E-state index < -0.39 is 32.3 Å². The van der Waals surface area contributed by atoms with E-state index in [2.05, 4.69) is 10.2 Å². The van der Waals surface area contributed by atoms with E-state index >= 15 is 0 Å². The molecule has 0 aliphatic carbocycles. The van der Waals surface area contributed by atoms with Gasteiger partial charge in [-0.2, -0.15) is 8.42 Å². The van der Waals surface area contributed by atoms with Crippen molar-refractivity contribution < 1.29 is 49.8 Å². The zero-order valence-corrected chi connectivity index (χ0v) is 28.4. The number of fused-ring (bicyclic) bond motifs is 1. The molecule has 1 atom stereocenters. The Balaban J connectivity index is 1.38. The zero-order chi connectivity index (χ0) is 34.4. The van der Waals surface area contributed by atoms with Gasteiger partial charge in [0.2, 0.25) is 16.9 Å². The molecule has 1 aliphatic heterocycles. The largest absolute Gasteiger partial charge is 0.496 e. The molecule has 16 heteroatoms. The summed E-state index contributed by atoms with van der Waals surface area (Å²) >= 11 is 0. The Bertz CT molecular complexity index is 2020. The summed E-state index contributed by atoms with van der Waals surface area (Å²) in [7, 11) is 1.76. The van der Waals surface area contributed by atoms with Crippen molar-refractivity contribution in [3.8, 4) is 45.8 Å². The molecule has 0 saturated heterocycles. The molecular formula is C32H33FN2O11S2. The van der Waals surface area contributed by atoms with Crippen LogP contribution in [0, 0.1) is 5.82 Å². The summed E-state index contributed by atoms with van der Waals surface area (Å²) in [4.78, 5) is 13.7. The molecule has 13 nitrogen and oxygen atoms in total. The van der Waals surface area contributed by atoms with Crippen LogP contribution < -0.4 is 33.8 Å². The number of methoxy groups -OCH3 is 5. The van der Waals surface area contributed by atoms with Gasteiger partial charge in [-0.3, -0.25) is 4.79 Å². The molecule has 1 unspecified atom stereocenters. The predicted octanol–water partition coefficient (Wildman–Crippen LogP) is 5.52. The van der Waals surface area contributed by atoms with E-state index in [0.29, 0.717) is 47.2 Å². The van der Waals surface area contributed by atoms with Gasteiger partial charge in [0, 0.05) is 17.7 Å². The first-order chi connectivity index (χ1) is 23.1. The van der Waals surface area contributed by atoms with Gasteiger partial charge in [-0.15, -0.1) is 21.1 Å². The molecule has 48 heavy (non-hydrogen) atoms. The second-order valence-electron chi connectivity index (χ2n) is 10.1. The molecule has 2 heterocycles. The number of halogens is 1. The number of nitrogens with zero attached hydrogens (tertiary/aromatic N) is 2. The van der Waals surface area contributed by atoms with Gasteiger partial charge in [0.05, 0.1) is 47.7 Å². The summed E-state index contributed by atoms with van der Waals surface area (Å²) in [5.74, 6) is 1.48.